The molecule has 2 heterocycles. The van der Waals surface area contributed by atoms with Crippen LogP contribution in [-0.4, -0.2) is 80.3 Å². The highest BCUT2D eigenvalue weighted by Gasteiger charge is 2.50. The topological polar surface area (TPSA) is 161 Å². The quantitative estimate of drug-likeness (QED) is 0.308. The van der Waals surface area contributed by atoms with Crippen LogP contribution < -0.4 is 16.0 Å². The fraction of sp³-hybridized carbons (Fsp3) is 0.667. The van der Waals surface area contributed by atoms with Crippen molar-refractivity contribution < 1.29 is 37.9 Å². The number of carbonyl (C=O) groups is 4. The lowest BCUT2D eigenvalue weighted by atomic mass is 9.93. The van der Waals surface area contributed by atoms with Crippen molar-refractivity contribution in [3.05, 3.63) is 17.5 Å². The number of nitrogens with one attached hydrogen (secondary N) is 3. The Hall–Kier alpha value is -2.83. The van der Waals surface area contributed by atoms with Crippen LogP contribution in [0.15, 0.2) is 10.6 Å². The van der Waals surface area contributed by atoms with Crippen molar-refractivity contribution in [1.29, 1.82) is 0 Å². The molecule has 12 nitrogen and oxygen atoms in total. The number of aromatic nitrogens is 1. The Kier molecular flexibility index (Phi) is 9.50. The maximum absolute atomic E-state index is 12.6. The van der Waals surface area contributed by atoms with Crippen molar-refractivity contribution in [2.45, 2.75) is 51.5 Å². The number of rotatable bonds is 14. The molecular formula is C21H32N4O8. The summed E-state index contributed by atoms with van der Waals surface area (Å²) < 4.78 is 20.1. The minimum absolute atomic E-state index is 0.0282. The average molecular weight is 469 g/mol. The van der Waals surface area contributed by atoms with Crippen molar-refractivity contribution in [1.82, 2.24) is 21.1 Å². The van der Waals surface area contributed by atoms with Crippen LogP contribution in [0.1, 0.15) is 43.4 Å². The Morgan fingerprint density at radius 3 is 2.42 bits per heavy atom. The second-order valence-corrected chi connectivity index (χ2v) is 8.44. The molecule has 0 aromatic carbocycles. The average Bonchev–Trinajstić information content (AvgIpc) is 3.33. The van der Waals surface area contributed by atoms with E-state index >= 15 is 0 Å². The van der Waals surface area contributed by atoms with E-state index in [2.05, 4.69) is 21.1 Å². The number of Topliss-reactive ketones (excluding diaryl/α,β-unsaturated/α-hetero) is 1. The van der Waals surface area contributed by atoms with Gasteiger partial charge in [-0.2, -0.15) is 0 Å². The van der Waals surface area contributed by atoms with Gasteiger partial charge in [0.05, 0.1) is 25.8 Å². The van der Waals surface area contributed by atoms with Crippen LogP contribution in [0.4, 0.5) is 0 Å². The molecule has 1 aromatic heterocycles. The van der Waals surface area contributed by atoms with E-state index in [0.29, 0.717) is 18.8 Å². The van der Waals surface area contributed by atoms with Crippen molar-refractivity contribution >= 4 is 23.5 Å². The molecule has 0 bridgehead atoms. The largest absolute Gasteiger partial charge is 0.382 e. The standard InChI is InChI=1S/C21H32N4O8/c1-12(2)6-14(18(27)21(3)11-32-21)23-17(26)8-22-19(28)16(10-31-5)24-20(29)15-7-13(9-30-4)33-25-15/h7,12,14,16H,6,8-11H2,1-5H3,(H,22,28)(H,23,26)(H,24,29)/t14-,16-,21+/m0/s1. The lowest BCUT2D eigenvalue weighted by Crippen LogP contribution is -2.53. The molecule has 3 atom stereocenters. The molecular weight excluding hydrogens is 436 g/mol. The van der Waals surface area contributed by atoms with Gasteiger partial charge in [-0.1, -0.05) is 19.0 Å². The highest BCUT2D eigenvalue weighted by molar-refractivity contribution is 5.98. The van der Waals surface area contributed by atoms with E-state index in [9.17, 15) is 19.2 Å². The zero-order chi connectivity index (χ0) is 24.6. The first-order valence-corrected chi connectivity index (χ1v) is 10.6. The van der Waals surface area contributed by atoms with Gasteiger partial charge in [-0.3, -0.25) is 19.2 Å². The van der Waals surface area contributed by atoms with Gasteiger partial charge in [-0.15, -0.1) is 0 Å². The molecule has 184 valence electrons. The van der Waals surface area contributed by atoms with Crippen LogP contribution in [0.5, 0.6) is 0 Å². The fourth-order valence-corrected chi connectivity index (χ4v) is 3.07. The minimum atomic E-state index is -1.08. The second-order valence-electron chi connectivity index (χ2n) is 8.44. The molecule has 1 aliphatic heterocycles. The van der Waals surface area contributed by atoms with Gasteiger partial charge in [0.2, 0.25) is 11.8 Å². The Bertz CT molecular complexity index is 849. The molecule has 0 radical (unpaired) electrons. The summed E-state index contributed by atoms with van der Waals surface area (Å²) in [6, 6.07) is -0.404. The van der Waals surface area contributed by atoms with E-state index in [1.54, 1.807) is 6.92 Å². The van der Waals surface area contributed by atoms with Gasteiger partial charge in [-0.05, 0) is 19.3 Å². The normalized spacial score (nSPS) is 19.0. The molecule has 0 aliphatic carbocycles. The van der Waals surface area contributed by atoms with E-state index in [-0.39, 0.29) is 37.2 Å². The maximum atomic E-state index is 12.6. The van der Waals surface area contributed by atoms with Crippen LogP contribution in [0.2, 0.25) is 0 Å². The summed E-state index contributed by atoms with van der Waals surface area (Å²) in [5.41, 5.74) is -0.895. The molecule has 1 aliphatic rings. The van der Waals surface area contributed by atoms with Gasteiger partial charge in [-0.25, -0.2) is 0 Å². The van der Waals surface area contributed by atoms with Crippen LogP contribution in [0.3, 0.4) is 0 Å². The lowest BCUT2D eigenvalue weighted by Gasteiger charge is -2.22. The number of ketones is 1. The zero-order valence-corrected chi connectivity index (χ0v) is 19.6. The lowest BCUT2D eigenvalue weighted by molar-refractivity contribution is -0.131. The molecule has 1 fully saturated rings. The van der Waals surface area contributed by atoms with E-state index in [1.807, 2.05) is 13.8 Å². The third-order valence-corrected chi connectivity index (χ3v) is 4.91. The second kappa shape index (κ2) is 11.9. The summed E-state index contributed by atoms with van der Waals surface area (Å²) in [6.45, 7) is 5.52. The Balaban J connectivity index is 1.90. The highest BCUT2D eigenvalue weighted by atomic mass is 16.6. The number of nitrogens with zero attached hydrogens (tertiary/aromatic N) is 1. The Morgan fingerprint density at radius 2 is 1.85 bits per heavy atom. The van der Waals surface area contributed by atoms with Crippen molar-refractivity contribution in [2.24, 2.45) is 5.92 Å². The number of carbonyl (C=O) groups excluding carboxylic acids is 4. The molecule has 3 amide bonds. The minimum Gasteiger partial charge on any atom is -0.382 e. The zero-order valence-electron chi connectivity index (χ0n) is 19.6. The van der Waals surface area contributed by atoms with Crippen molar-refractivity contribution in [3.63, 3.8) is 0 Å². The fourth-order valence-electron chi connectivity index (χ4n) is 3.07. The molecule has 12 heteroatoms. The van der Waals surface area contributed by atoms with Crippen molar-refractivity contribution in [2.75, 3.05) is 34.0 Å². The summed E-state index contributed by atoms with van der Waals surface area (Å²) in [6.07, 6.45) is 0.447. The van der Waals surface area contributed by atoms with Crippen molar-refractivity contribution in [3.8, 4) is 0 Å². The molecule has 2 rings (SSSR count). The van der Waals surface area contributed by atoms with Crippen LogP contribution >= 0.6 is 0 Å². The first-order chi connectivity index (χ1) is 15.6. The number of hydrogen-bond acceptors (Lipinski definition) is 9. The van der Waals surface area contributed by atoms with E-state index in [1.165, 1.54) is 20.3 Å². The number of epoxide rings is 1. The number of hydrogen-bond donors (Lipinski definition) is 3. The first-order valence-electron chi connectivity index (χ1n) is 10.6. The van der Waals surface area contributed by atoms with Gasteiger partial charge in [0.1, 0.15) is 18.2 Å². The smallest absolute Gasteiger partial charge is 0.274 e. The number of methoxy groups -OCH3 is 2. The molecule has 1 aromatic rings. The predicted molar refractivity (Wildman–Crippen MR) is 114 cm³/mol. The third-order valence-electron chi connectivity index (χ3n) is 4.91. The van der Waals surface area contributed by atoms with Gasteiger partial charge in [0, 0.05) is 20.3 Å². The van der Waals surface area contributed by atoms with E-state index in [4.69, 9.17) is 18.7 Å². The maximum Gasteiger partial charge on any atom is 0.274 e. The summed E-state index contributed by atoms with van der Waals surface area (Å²) in [4.78, 5) is 49.9. The summed E-state index contributed by atoms with van der Waals surface area (Å²) in [5.74, 6) is -1.50. The summed E-state index contributed by atoms with van der Waals surface area (Å²) in [7, 11) is 2.84. The number of amides is 3. The van der Waals surface area contributed by atoms with Gasteiger partial charge >= 0.3 is 0 Å². The van der Waals surface area contributed by atoms with Crippen LogP contribution in [-0.2, 0) is 35.2 Å². The van der Waals surface area contributed by atoms with Gasteiger partial charge in [0.25, 0.3) is 5.91 Å². The SMILES string of the molecule is COCc1cc(C(=O)N[C@@H](COC)C(=O)NCC(=O)N[C@@H](CC(C)C)C(=O)[C@@]2(C)CO2)no1. The monoisotopic (exact) mass is 468 g/mol. The van der Waals surface area contributed by atoms with E-state index in [0.717, 1.165) is 0 Å². The van der Waals surface area contributed by atoms with Crippen LogP contribution in [0.25, 0.3) is 0 Å². The molecule has 1 saturated heterocycles. The number of ether oxygens (including phenoxy) is 3. The molecule has 0 unspecified atom stereocenters. The third kappa shape index (κ3) is 7.91. The van der Waals surface area contributed by atoms with Gasteiger partial charge in [0.15, 0.2) is 17.2 Å². The Labute approximate surface area is 192 Å². The summed E-state index contributed by atoms with van der Waals surface area (Å²) in [5, 5.41) is 11.2. The van der Waals surface area contributed by atoms with Crippen LogP contribution in [0, 0.1) is 5.92 Å². The molecule has 0 saturated carbocycles. The van der Waals surface area contributed by atoms with E-state index < -0.39 is 35.4 Å². The predicted octanol–water partition coefficient (Wildman–Crippen LogP) is -0.429. The molecule has 0 spiro atoms. The molecule has 33 heavy (non-hydrogen) atoms. The summed E-state index contributed by atoms with van der Waals surface area (Å²) >= 11 is 0. The molecule has 3 N–H and O–H groups in total. The highest BCUT2D eigenvalue weighted by Crippen LogP contribution is 2.29. The first kappa shape index (κ1) is 26.4. The van der Waals surface area contributed by atoms with Gasteiger partial charge < -0.3 is 34.7 Å². The Morgan fingerprint density at radius 1 is 1.15 bits per heavy atom.